The van der Waals surface area contributed by atoms with E-state index in [0.717, 1.165) is 31.4 Å². The number of benzene rings is 3. The van der Waals surface area contributed by atoms with E-state index in [1.54, 1.807) is 0 Å². The molecule has 38 heavy (non-hydrogen) atoms. The number of aliphatic imine (C=N–C) groups is 1. The average Bonchev–Trinajstić information content (AvgIpc) is 2.95. The fourth-order valence-electron chi connectivity index (χ4n) is 6.44. The van der Waals surface area contributed by atoms with Crippen LogP contribution in [0.2, 0.25) is 0 Å². The van der Waals surface area contributed by atoms with Crippen LogP contribution >= 0.6 is 0 Å². The molecule has 1 nitrogen and oxygen atoms in total. The number of allylic oxidation sites excluding steroid dienone is 12. The standard InChI is InChI=1S/C37H37N/c1-4-5-12-29-24-30(19-18-25(29)2)27-20-22-28(23-21-27)36-31-13-6-8-15-33(31)37(34-16-9-7-14-32(34)36)35-17-10-11-26(3)38-35/h4-9,11-16,20,22,24-25H,10,17-19,21,23H2,1-3H3/b5-4-,29-12-. The molecule has 0 bridgehead atoms. The second kappa shape index (κ2) is 10.6. The lowest BCUT2D eigenvalue weighted by atomic mass is 9.79. The molecule has 1 heterocycles. The topological polar surface area (TPSA) is 12.4 Å². The average molecular weight is 496 g/mol. The lowest BCUT2D eigenvalue weighted by molar-refractivity contribution is 0.601. The molecular weight excluding hydrogens is 458 g/mol. The van der Waals surface area contributed by atoms with Gasteiger partial charge < -0.3 is 0 Å². The van der Waals surface area contributed by atoms with E-state index in [0.29, 0.717) is 5.92 Å². The first kappa shape index (κ1) is 24.6. The molecule has 0 spiro atoms. The van der Waals surface area contributed by atoms with Gasteiger partial charge in [-0.15, -0.1) is 0 Å². The molecule has 1 atom stereocenters. The van der Waals surface area contributed by atoms with Gasteiger partial charge in [-0.05, 0) is 108 Å². The number of hydrogen-bond acceptors (Lipinski definition) is 1. The van der Waals surface area contributed by atoms with Crippen molar-refractivity contribution in [1.82, 2.24) is 0 Å². The third-order valence-corrected chi connectivity index (χ3v) is 8.47. The minimum atomic E-state index is 0.634. The Hall–Kier alpha value is -3.71. The first-order valence-electron chi connectivity index (χ1n) is 14.3. The van der Waals surface area contributed by atoms with E-state index in [1.807, 2.05) is 0 Å². The summed E-state index contributed by atoms with van der Waals surface area (Å²) in [5.41, 5.74) is 11.0. The molecule has 6 rings (SSSR count). The van der Waals surface area contributed by atoms with Crippen molar-refractivity contribution >= 4 is 32.8 Å². The molecule has 0 saturated heterocycles. The van der Waals surface area contributed by atoms with Gasteiger partial charge >= 0.3 is 0 Å². The van der Waals surface area contributed by atoms with Gasteiger partial charge in [0.25, 0.3) is 0 Å². The highest BCUT2D eigenvalue weighted by Gasteiger charge is 2.23. The van der Waals surface area contributed by atoms with Gasteiger partial charge in [0.1, 0.15) is 0 Å². The summed E-state index contributed by atoms with van der Waals surface area (Å²) in [6, 6.07) is 18.0. The van der Waals surface area contributed by atoms with Gasteiger partial charge in [-0.2, -0.15) is 0 Å². The minimum Gasteiger partial charge on any atom is -0.258 e. The molecule has 1 heteroatoms. The highest BCUT2D eigenvalue weighted by molar-refractivity contribution is 6.24. The molecule has 0 fully saturated rings. The molecule has 3 aliphatic rings. The third-order valence-electron chi connectivity index (χ3n) is 8.47. The van der Waals surface area contributed by atoms with Crippen LogP contribution in [0.1, 0.15) is 70.4 Å². The maximum atomic E-state index is 5.03. The summed E-state index contributed by atoms with van der Waals surface area (Å²) >= 11 is 0. The van der Waals surface area contributed by atoms with Crippen molar-refractivity contribution in [3.63, 3.8) is 0 Å². The summed E-state index contributed by atoms with van der Waals surface area (Å²) < 4.78 is 0. The zero-order chi connectivity index (χ0) is 26.1. The molecule has 0 saturated carbocycles. The van der Waals surface area contributed by atoms with Crippen molar-refractivity contribution in [3.8, 4) is 0 Å². The molecule has 2 aliphatic carbocycles. The summed E-state index contributed by atoms with van der Waals surface area (Å²) in [6.45, 7) is 6.56. The van der Waals surface area contributed by atoms with E-state index >= 15 is 0 Å². The van der Waals surface area contributed by atoms with Gasteiger partial charge in [-0.3, -0.25) is 4.99 Å². The van der Waals surface area contributed by atoms with Crippen molar-refractivity contribution in [3.05, 3.63) is 125 Å². The maximum Gasteiger partial charge on any atom is 0.0494 e. The van der Waals surface area contributed by atoms with E-state index in [2.05, 4.69) is 112 Å². The second-order valence-corrected chi connectivity index (χ2v) is 11.0. The second-order valence-electron chi connectivity index (χ2n) is 11.0. The van der Waals surface area contributed by atoms with Crippen LogP contribution in [0.15, 0.2) is 118 Å². The van der Waals surface area contributed by atoms with Crippen LogP contribution in [0.5, 0.6) is 0 Å². The SMILES string of the molecule is C/C=C\C=C1\C=C(C2=CC=C(c3c4ccccc4c(C4=NC(C)=CCC4)c4ccccc34)CC2)CCC1C. The quantitative estimate of drug-likeness (QED) is 0.319. The first-order chi connectivity index (χ1) is 18.6. The largest absolute Gasteiger partial charge is 0.258 e. The van der Waals surface area contributed by atoms with Crippen molar-refractivity contribution in [2.75, 3.05) is 0 Å². The Morgan fingerprint density at radius 1 is 0.763 bits per heavy atom. The molecule has 0 N–H and O–H groups in total. The van der Waals surface area contributed by atoms with Crippen LogP contribution in [0.3, 0.4) is 0 Å². The highest BCUT2D eigenvalue weighted by Crippen LogP contribution is 2.42. The van der Waals surface area contributed by atoms with E-state index in [9.17, 15) is 0 Å². The van der Waals surface area contributed by atoms with Gasteiger partial charge in [-0.1, -0.05) is 98.0 Å². The van der Waals surface area contributed by atoms with Crippen molar-refractivity contribution in [1.29, 1.82) is 0 Å². The minimum absolute atomic E-state index is 0.634. The van der Waals surface area contributed by atoms with Gasteiger partial charge in [-0.25, -0.2) is 0 Å². The van der Waals surface area contributed by atoms with Gasteiger partial charge in [0.15, 0.2) is 0 Å². The Morgan fingerprint density at radius 3 is 2.00 bits per heavy atom. The summed E-state index contributed by atoms with van der Waals surface area (Å²) in [5.74, 6) is 0.634. The normalized spacial score (nSPS) is 21.4. The van der Waals surface area contributed by atoms with Crippen LogP contribution in [0.4, 0.5) is 0 Å². The van der Waals surface area contributed by atoms with Crippen LogP contribution < -0.4 is 0 Å². The number of fused-ring (bicyclic) bond motifs is 2. The fourth-order valence-corrected chi connectivity index (χ4v) is 6.44. The van der Waals surface area contributed by atoms with E-state index in [-0.39, 0.29) is 0 Å². The summed E-state index contributed by atoms with van der Waals surface area (Å²) in [6.07, 6.45) is 22.8. The Bertz CT molecular complexity index is 1570. The van der Waals surface area contributed by atoms with Crippen LogP contribution in [-0.2, 0) is 0 Å². The highest BCUT2D eigenvalue weighted by atomic mass is 14.8. The number of nitrogens with zero attached hydrogens (tertiary/aromatic N) is 1. The van der Waals surface area contributed by atoms with Crippen LogP contribution in [0.25, 0.3) is 27.1 Å². The zero-order valence-corrected chi connectivity index (χ0v) is 22.9. The summed E-state index contributed by atoms with van der Waals surface area (Å²) in [7, 11) is 0. The van der Waals surface area contributed by atoms with Gasteiger partial charge in [0.2, 0.25) is 0 Å². The lowest BCUT2D eigenvalue weighted by Crippen LogP contribution is -2.09. The van der Waals surface area contributed by atoms with E-state index < -0.39 is 0 Å². The van der Waals surface area contributed by atoms with E-state index in [1.165, 1.54) is 73.5 Å². The molecule has 0 amide bonds. The molecular formula is C37H37N. The molecule has 0 radical (unpaired) electrons. The summed E-state index contributed by atoms with van der Waals surface area (Å²) in [4.78, 5) is 5.03. The lowest BCUT2D eigenvalue weighted by Gasteiger charge is -2.26. The monoisotopic (exact) mass is 495 g/mol. The van der Waals surface area contributed by atoms with Crippen molar-refractivity contribution in [2.24, 2.45) is 10.9 Å². The van der Waals surface area contributed by atoms with Crippen molar-refractivity contribution in [2.45, 2.75) is 59.3 Å². The summed E-state index contributed by atoms with van der Waals surface area (Å²) in [5, 5.41) is 5.35. The number of rotatable bonds is 4. The Labute approximate surface area is 227 Å². The zero-order valence-electron chi connectivity index (χ0n) is 22.9. The molecule has 1 aliphatic heterocycles. The smallest absolute Gasteiger partial charge is 0.0494 e. The third kappa shape index (κ3) is 4.56. The fraction of sp³-hybridized carbons (Fsp3) is 0.270. The molecule has 3 aromatic rings. The Morgan fingerprint density at radius 2 is 1.39 bits per heavy atom. The molecule has 1 unspecified atom stereocenters. The molecule has 0 aromatic heterocycles. The van der Waals surface area contributed by atoms with Gasteiger partial charge in [0, 0.05) is 17.0 Å². The maximum absolute atomic E-state index is 5.03. The predicted octanol–water partition coefficient (Wildman–Crippen LogP) is 10.4. The molecule has 190 valence electrons. The predicted molar refractivity (Wildman–Crippen MR) is 166 cm³/mol. The number of hydrogen-bond donors (Lipinski definition) is 0. The van der Waals surface area contributed by atoms with Crippen LogP contribution in [0, 0.1) is 5.92 Å². The van der Waals surface area contributed by atoms with E-state index in [4.69, 9.17) is 4.99 Å². The van der Waals surface area contributed by atoms with Gasteiger partial charge in [0.05, 0.1) is 0 Å². The molecule has 3 aromatic carbocycles. The first-order valence-corrected chi connectivity index (χ1v) is 14.3. The van der Waals surface area contributed by atoms with Crippen LogP contribution in [-0.4, -0.2) is 5.71 Å². The Balaban J connectivity index is 1.49. The Kier molecular flexibility index (Phi) is 6.85. The van der Waals surface area contributed by atoms with Crippen molar-refractivity contribution < 1.29 is 0 Å².